The molecule has 20 heavy (non-hydrogen) atoms. The third-order valence-corrected chi connectivity index (χ3v) is 4.37. The van der Waals surface area contributed by atoms with Crippen LogP contribution in [0.1, 0.15) is 33.1 Å². The molecule has 114 valence electrons. The number of carbonyl (C=O) groups is 2. The highest BCUT2D eigenvalue weighted by Crippen LogP contribution is 2.28. The Labute approximate surface area is 119 Å². The van der Waals surface area contributed by atoms with E-state index in [0.717, 1.165) is 25.2 Å². The van der Waals surface area contributed by atoms with Gasteiger partial charge in [0.25, 0.3) is 0 Å². The van der Waals surface area contributed by atoms with Crippen molar-refractivity contribution in [2.24, 2.45) is 11.8 Å². The van der Waals surface area contributed by atoms with Crippen LogP contribution in [0.15, 0.2) is 0 Å². The van der Waals surface area contributed by atoms with Crippen LogP contribution in [-0.4, -0.2) is 53.8 Å². The molecule has 1 saturated carbocycles. The molecule has 2 rings (SSSR count). The lowest BCUT2D eigenvalue weighted by atomic mass is 9.80. The summed E-state index contributed by atoms with van der Waals surface area (Å²) in [5.74, 6) is 0.180. The van der Waals surface area contributed by atoms with E-state index in [4.69, 9.17) is 9.84 Å². The molecule has 1 aliphatic heterocycles. The number of rotatable bonds is 2. The Balaban J connectivity index is 1.86. The van der Waals surface area contributed by atoms with Crippen LogP contribution in [0.4, 0.5) is 4.79 Å². The molecule has 0 bridgehead atoms. The minimum atomic E-state index is -1.01. The average Bonchev–Trinajstić information content (AvgIpc) is 2.42. The Kier molecular flexibility index (Phi) is 4.86. The molecule has 4 unspecified atom stereocenters. The molecular formula is C14H24N2O4. The van der Waals surface area contributed by atoms with Crippen molar-refractivity contribution in [2.75, 3.05) is 19.7 Å². The van der Waals surface area contributed by atoms with Gasteiger partial charge in [-0.25, -0.2) is 9.59 Å². The SMILES string of the molecule is CC1CCC(NC(=O)N2CCOC(C(=O)O)C2)C(C)C1. The molecule has 4 atom stereocenters. The maximum absolute atomic E-state index is 12.2. The monoisotopic (exact) mass is 284 g/mol. The molecule has 0 aromatic heterocycles. The van der Waals surface area contributed by atoms with Gasteiger partial charge < -0.3 is 20.1 Å². The van der Waals surface area contributed by atoms with Gasteiger partial charge in [-0.2, -0.15) is 0 Å². The van der Waals surface area contributed by atoms with Gasteiger partial charge in [0.15, 0.2) is 6.10 Å². The molecule has 1 heterocycles. The first-order chi connectivity index (χ1) is 9.47. The van der Waals surface area contributed by atoms with Crippen LogP contribution in [0.3, 0.4) is 0 Å². The molecule has 0 spiro atoms. The van der Waals surface area contributed by atoms with Crippen LogP contribution in [0.2, 0.25) is 0 Å². The molecular weight excluding hydrogens is 260 g/mol. The van der Waals surface area contributed by atoms with Crippen molar-refractivity contribution < 1.29 is 19.4 Å². The molecule has 6 nitrogen and oxygen atoms in total. The lowest BCUT2D eigenvalue weighted by molar-refractivity contribution is -0.154. The maximum atomic E-state index is 12.2. The summed E-state index contributed by atoms with van der Waals surface area (Å²) >= 11 is 0. The number of hydrogen-bond acceptors (Lipinski definition) is 3. The van der Waals surface area contributed by atoms with Crippen molar-refractivity contribution in [3.63, 3.8) is 0 Å². The van der Waals surface area contributed by atoms with Gasteiger partial charge in [0.2, 0.25) is 0 Å². The topological polar surface area (TPSA) is 78.9 Å². The number of aliphatic carboxylic acids is 1. The van der Waals surface area contributed by atoms with E-state index in [1.807, 2.05) is 0 Å². The highest BCUT2D eigenvalue weighted by atomic mass is 16.5. The first-order valence-corrected chi connectivity index (χ1v) is 7.37. The molecule has 2 fully saturated rings. The normalized spacial score (nSPS) is 34.6. The lowest BCUT2D eigenvalue weighted by Gasteiger charge is -2.36. The summed E-state index contributed by atoms with van der Waals surface area (Å²) in [4.78, 5) is 24.7. The molecule has 6 heteroatoms. The molecule has 0 aromatic rings. The van der Waals surface area contributed by atoms with Crippen LogP contribution in [0, 0.1) is 11.8 Å². The van der Waals surface area contributed by atoms with Gasteiger partial charge in [0.05, 0.1) is 13.2 Å². The Bertz CT molecular complexity index is 374. The minimum absolute atomic E-state index is 0.124. The zero-order valence-electron chi connectivity index (χ0n) is 12.2. The standard InChI is InChI=1S/C14H24N2O4/c1-9-3-4-11(10(2)7-9)15-14(19)16-5-6-20-12(8-16)13(17)18/h9-12H,3-8H2,1-2H3,(H,15,19)(H,17,18). The number of ether oxygens (including phenoxy) is 1. The summed E-state index contributed by atoms with van der Waals surface area (Å²) in [6.45, 7) is 5.27. The van der Waals surface area contributed by atoms with Gasteiger partial charge in [-0.1, -0.05) is 13.8 Å². The van der Waals surface area contributed by atoms with E-state index in [1.165, 1.54) is 0 Å². The number of hydrogen-bond donors (Lipinski definition) is 2. The number of amides is 2. The van der Waals surface area contributed by atoms with Gasteiger partial charge in [0.1, 0.15) is 0 Å². The molecule has 0 aromatic carbocycles. The van der Waals surface area contributed by atoms with Gasteiger partial charge in [0, 0.05) is 12.6 Å². The van der Waals surface area contributed by atoms with Crippen LogP contribution in [0.25, 0.3) is 0 Å². The summed E-state index contributed by atoms with van der Waals surface area (Å²) in [5, 5.41) is 12.0. The van der Waals surface area contributed by atoms with E-state index in [-0.39, 0.29) is 25.2 Å². The second-order valence-corrected chi connectivity index (χ2v) is 6.10. The minimum Gasteiger partial charge on any atom is -0.479 e. The summed E-state index contributed by atoms with van der Waals surface area (Å²) in [5.41, 5.74) is 0. The fraction of sp³-hybridized carbons (Fsp3) is 0.857. The Morgan fingerprint density at radius 2 is 2.05 bits per heavy atom. The van der Waals surface area contributed by atoms with E-state index in [0.29, 0.717) is 12.5 Å². The molecule has 2 aliphatic rings. The third-order valence-electron chi connectivity index (χ3n) is 4.37. The molecule has 1 saturated heterocycles. The molecule has 2 N–H and O–H groups in total. The number of morpholine rings is 1. The predicted octanol–water partition coefficient (Wildman–Crippen LogP) is 1.31. The van der Waals surface area contributed by atoms with Crippen molar-refractivity contribution in [1.29, 1.82) is 0 Å². The second-order valence-electron chi connectivity index (χ2n) is 6.10. The summed E-state index contributed by atoms with van der Waals surface area (Å²) in [7, 11) is 0. The fourth-order valence-corrected chi connectivity index (χ4v) is 3.11. The maximum Gasteiger partial charge on any atom is 0.334 e. The zero-order valence-corrected chi connectivity index (χ0v) is 12.2. The van der Waals surface area contributed by atoms with Crippen LogP contribution in [0.5, 0.6) is 0 Å². The average molecular weight is 284 g/mol. The van der Waals surface area contributed by atoms with E-state index in [2.05, 4.69) is 19.2 Å². The van der Waals surface area contributed by atoms with E-state index in [9.17, 15) is 9.59 Å². The van der Waals surface area contributed by atoms with Gasteiger partial charge in [-0.15, -0.1) is 0 Å². The Morgan fingerprint density at radius 3 is 2.70 bits per heavy atom. The predicted molar refractivity (Wildman–Crippen MR) is 73.4 cm³/mol. The van der Waals surface area contributed by atoms with E-state index in [1.54, 1.807) is 4.90 Å². The first-order valence-electron chi connectivity index (χ1n) is 7.37. The van der Waals surface area contributed by atoms with Crippen LogP contribution < -0.4 is 5.32 Å². The van der Waals surface area contributed by atoms with Gasteiger partial charge in [-0.05, 0) is 31.1 Å². The lowest BCUT2D eigenvalue weighted by Crippen LogP contribution is -2.54. The quantitative estimate of drug-likeness (QED) is 0.801. The number of carbonyl (C=O) groups excluding carboxylic acids is 1. The smallest absolute Gasteiger partial charge is 0.334 e. The van der Waals surface area contributed by atoms with Crippen molar-refractivity contribution in [2.45, 2.75) is 45.3 Å². The Morgan fingerprint density at radius 1 is 1.30 bits per heavy atom. The highest BCUT2D eigenvalue weighted by molar-refractivity contribution is 5.77. The highest BCUT2D eigenvalue weighted by Gasteiger charge is 2.32. The van der Waals surface area contributed by atoms with Crippen molar-refractivity contribution >= 4 is 12.0 Å². The largest absolute Gasteiger partial charge is 0.479 e. The summed E-state index contributed by atoms with van der Waals surface area (Å²) in [6.07, 6.45) is 2.36. The van der Waals surface area contributed by atoms with Crippen molar-refractivity contribution in [3.05, 3.63) is 0 Å². The fourth-order valence-electron chi connectivity index (χ4n) is 3.11. The number of urea groups is 1. The number of carboxylic acids is 1. The van der Waals surface area contributed by atoms with Gasteiger partial charge >= 0.3 is 12.0 Å². The van der Waals surface area contributed by atoms with E-state index >= 15 is 0 Å². The number of carboxylic acid groups (broad SMARTS) is 1. The Hall–Kier alpha value is -1.30. The van der Waals surface area contributed by atoms with Crippen molar-refractivity contribution in [1.82, 2.24) is 10.2 Å². The molecule has 2 amide bonds. The second kappa shape index (κ2) is 6.43. The first kappa shape index (κ1) is 15.1. The molecule has 1 aliphatic carbocycles. The van der Waals surface area contributed by atoms with Crippen LogP contribution >= 0.6 is 0 Å². The molecule has 0 radical (unpaired) electrons. The number of nitrogens with one attached hydrogen (secondary N) is 1. The number of nitrogens with zero attached hydrogens (tertiary/aromatic N) is 1. The zero-order chi connectivity index (χ0) is 14.7. The van der Waals surface area contributed by atoms with Crippen LogP contribution in [-0.2, 0) is 9.53 Å². The van der Waals surface area contributed by atoms with Crippen molar-refractivity contribution in [3.8, 4) is 0 Å². The third kappa shape index (κ3) is 3.62. The van der Waals surface area contributed by atoms with E-state index < -0.39 is 12.1 Å². The summed E-state index contributed by atoms with van der Waals surface area (Å²) in [6, 6.07) is 0.0378. The van der Waals surface area contributed by atoms with Gasteiger partial charge in [-0.3, -0.25) is 0 Å². The summed E-state index contributed by atoms with van der Waals surface area (Å²) < 4.78 is 5.12.